The van der Waals surface area contributed by atoms with E-state index < -0.39 is 0 Å². The molecule has 0 unspecified atom stereocenters. The monoisotopic (exact) mass is 166 g/mol. The van der Waals surface area contributed by atoms with Crippen LogP contribution in [0.3, 0.4) is 0 Å². The molecular formula is C8H10N2O2. The molecule has 2 N–H and O–H groups in total. The second-order valence-corrected chi connectivity index (χ2v) is 2.48. The minimum Gasteiger partial charge on any atom is -0.354 e. The van der Waals surface area contributed by atoms with Crippen molar-refractivity contribution < 1.29 is 9.59 Å². The molecule has 0 aliphatic heterocycles. The molecule has 64 valence electrons. The van der Waals surface area contributed by atoms with Crippen molar-refractivity contribution in [3.63, 3.8) is 0 Å². The Morgan fingerprint density at radius 3 is 2.75 bits per heavy atom. The molecule has 0 saturated carbocycles. The first-order chi connectivity index (χ1) is 5.69. The van der Waals surface area contributed by atoms with Crippen LogP contribution in [0.1, 0.15) is 26.5 Å². The maximum Gasteiger partial charge on any atom is 0.267 e. The van der Waals surface area contributed by atoms with Crippen molar-refractivity contribution in [3.05, 3.63) is 23.0 Å². The molecule has 1 heterocycles. The molecule has 0 aliphatic carbocycles. The van der Waals surface area contributed by atoms with Crippen molar-refractivity contribution >= 4 is 12.2 Å². The van der Waals surface area contributed by atoms with Gasteiger partial charge in [0.25, 0.3) is 5.91 Å². The highest BCUT2D eigenvalue weighted by atomic mass is 16.1. The Balaban J connectivity index is 3.04. The van der Waals surface area contributed by atoms with E-state index in [0.717, 1.165) is 5.56 Å². The summed E-state index contributed by atoms with van der Waals surface area (Å²) in [6.07, 6.45) is 0.696. The Bertz CT molecular complexity index is 315. The third kappa shape index (κ3) is 1.37. The normalized spacial score (nSPS) is 9.50. The largest absolute Gasteiger partial charge is 0.354 e. The fraction of sp³-hybridized carbons (Fsp3) is 0.250. The van der Waals surface area contributed by atoms with Gasteiger partial charge in [0.2, 0.25) is 0 Å². The molecule has 0 spiro atoms. The summed E-state index contributed by atoms with van der Waals surface area (Å²) in [5.74, 6) is -0.216. The first-order valence-electron chi connectivity index (χ1n) is 3.56. The van der Waals surface area contributed by atoms with Gasteiger partial charge >= 0.3 is 0 Å². The van der Waals surface area contributed by atoms with Gasteiger partial charge < -0.3 is 10.3 Å². The van der Waals surface area contributed by atoms with Crippen LogP contribution in [-0.2, 0) is 0 Å². The second-order valence-electron chi connectivity index (χ2n) is 2.48. The molecule has 0 aliphatic rings. The number of amides is 1. The maximum atomic E-state index is 11.0. The van der Waals surface area contributed by atoms with Gasteiger partial charge in [-0.3, -0.25) is 9.59 Å². The lowest BCUT2D eigenvalue weighted by molar-refractivity contribution is 0.0958. The zero-order valence-corrected chi connectivity index (χ0v) is 6.97. The van der Waals surface area contributed by atoms with E-state index >= 15 is 0 Å². The highest BCUT2D eigenvalue weighted by Gasteiger charge is 2.08. The molecule has 12 heavy (non-hydrogen) atoms. The lowest BCUT2D eigenvalue weighted by atomic mass is 10.3. The van der Waals surface area contributed by atoms with E-state index in [9.17, 15) is 9.59 Å². The van der Waals surface area contributed by atoms with Gasteiger partial charge in [0.15, 0.2) is 6.29 Å². The van der Waals surface area contributed by atoms with Gasteiger partial charge in [-0.15, -0.1) is 0 Å². The number of H-pyrrole nitrogens is 1. The van der Waals surface area contributed by atoms with E-state index in [0.29, 0.717) is 17.7 Å². The zero-order chi connectivity index (χ0) is 9.14. The Kier molecular flexibility index (Phi) is 2.28. The van der Waals surface area contributed by atoms with Gasteiger partial charge in [0, 0.05) is 7.05 Å². The highest BCUT2D eigenvalue weighted by molar-refractivity contribution is 5.94. The molecule has 1 aromatic rings. The van der Waals surface area contributed by atoms with Gasteiger partial charge in [0.05, 0.1) is 5.69 Å². The predicted octanol–water partition coefficient (Wildman–Crippen LogP) is 0.495. The van der Waals surface area contributed by atoms with E-state index in [1.165, 1.54) is 0 Å². The average molecular weight is 166 g/mol. The number of aromatic amines is 1. The van der Waals surface area contributed by atoms with Crippen molar-refractivity contribution in [2.24, 2.45) is 0 Å². The topological polar surface area (TPSA) is 62.0 Å². The predicted molar refractivity (Wildman–Crippen MR) is 44.3 cm³/mol. The molecular weight excluding hydrogens is 156 g/mol. The van der Waals surface area contributed by atoms with Crippen LogP contribution in [0.15, 0.2) is 6.07 Å². The van der Waals surface area contributed by atoms with Crippen LogP contribution in [0.25, 0.3) is 0 Å². The molecule has 0 atom stereocenters. The summed E-state index contributed by atoms with van der Waals surface area (Å²) < 4.78 is 0. The Labute approximate surface area is 70.0 Å². The molecule has 0 aromatic carbocycles. The quantitative estimate of drug-likeness (QED) is 0.628. The van der Waals surface area contributed by atoms with Crippen LogP contribution in [-0.4, -0.2) is 24.2 Å². The van der Waals surface area contributed by atoms with Crippen LogP contribution >= 0.6 is 0 Å². The van der Waals surface area contributed by atoms with Crippen LogP contribution < -0.4 is 5.32 Å². The number of aryl methyl sites for hydroxylation is 1. The molecule has 4 nitrogen and oxygen atoms in total. The standard InChI is InChI=1S/C8H10N2O2/c1-5-3-6(8(12)9-2)10-7(5)4-11/h3-4,10H,1-2H3,(H,9,12). The van der Waals surface area contributed by atoms with Crippen LogP contribution in [0.4, 0.5) is 0 Å². The summed E-state index contributed by atoms with van der Waals surface area (Å²) in [5, 5.41) is 2.46. The highest BCUT2D eigenvalue weighted by Crippen LogP contribution is 2.06. The fourth-order valence-electron chi connectivity index (χ4n) is 0.953. The second kappa shape index (κ2) is 3.21. The maximum absolute atomic E-state index is 11.0. The summed E-state index contributed by atoms with van der Waals surface area (Å²) in [5.41, 5.74) is 1.65. The molecule has 1 rings (SSSR count). The minimum atomic E-state index is -0.216. The number of carbonyl (C=O) groups is 2. The number of hydrogen-bond donors (Lipinski definition) is 2. The Morgan fingerprint density at radius 2 is 2.33 bits per heavy atom. The number of aldehydes is 1. The number of nitrogens with one attached hydrogen (secondary N) is 2. The number of carbonyl (C=O) groups excluding carboxylic acids is 2. The van der Waals surface area contributed by atoms with Gasteiger partial charge in [-0.05, 0) is 18.6 Å². The van der Waals surface area contributed by atoms with Crippen LogP contribution in [0.2, 0.25) is 0 Å². The molecule has 0 saturated heterocycles. The summed E-state index contributed by atoms with van der Waals surface area (Å²) >= 11 is 0. The Hall–Kier alpha value is -1.58. The van der Waals surface area contributed by atoms with Gasteiger partial charge in [-0.2, -0.15) is 0 Å². The number of rotatable bonds is 2. The first-order valence-corrected chi connectivity index (χ1v) is 3.56. The summed E-state index contributed by atoms with van der Waals surface area (Å²) in [6, 6.07) is 1.64. The lowest BCUT2D eigenvalue weighted by Gasteiger charge is -1.92. The molecule has 0 bridgehead atoms. The van der Waals surface area contributed by atoms with Gasteiger partial charge in [-0.25, -0.2) is 0 Å². The fourth-order valence-corrected chi connectivity index (χ4v) is 0.953. The van der Waals surface area contributed by atoms with E-state index in [4.69, 9.17) is 0 Å². The van der Waals surface area contributed by atoms with Gasteiger partial charge in [0.1, 0.15) is 5.69 Å². The van der Waals surface area contributed by atoms with E-state index in [1.807, 2.05) is 0 Å². The molecule has 1 aromatic heterocycles. The molecule has 0 radical (unpaired) electrons. The van der Waals surface area contributed by atoms with E-state index in [1.54, 1.807) is 20.0 Å². The van der Waals surface area contributed by atoms with Crippen molar-refractivity contribution in [3.8, 4) is 0 Å². The van der Waals surface area contributed by atoms with Crippen molar-refractivity contribution in [1.82, 2.24) is 10.3 Å². The summed E-state index contributed by atoms with van der Waals surface area (Å²) in [6.45, 7) is 1.77. The summed E-state index contributed by atoms with van der Waals surface area (Å²) in [4.78, 5) is 24.1. The molecule has 4 heteroatoms. The SMILES string of the molecule is CNC(=O)c1cc(C)c(C=O)[nH]1. The smallest absolute Gasteiger partial charge is 0.267 e. The minimum absolute atomic E-state index is 0.216. The van der Waals surface area contributed by atoms with Crippen LogP contribution in [0.5, 0.6) is 0 Å². The third-order valence-electron chi connectivity index (χ3n) is 1.64. The average Bonchev–Trinajstić information content (AvgIpc) is 2.45. The van der Waals surface area contributed by atoms with Crippen LogP contribution in [0, 0.1) is 6.92 Å². The Morgan fingerprint density at radius 1 is 1.67 bits per heavy atom. The van der Waals surface area contributed by atoms with Gasteiger partial charge in [-0.1, -0.05) is 0 Å². The molecule has 1 amide bonds. The lowest BCUT2D eigenvalue weighted by Crippen LogP contribution is -2.18. The number of hydrogen-bond acceptors (Lipinski definition) is 2. The third-order valence-corrected chi connectivity index (χ3v) is 1.64. The molecule has 0 fully saturated rings. The van der Waals surface area contributed by atoms with E-state index in [-0.39, 0.29) is 5.91 Å². The first kappa shape index (κ1) is 8.52. The van der Waals surface area contributed by atoms with Crippen molar-refractivity contribution in [1.29, 1.82) is 0 Å². The van der Waals surface area contributed by atoms with Crippen molar-refractivity contribution in [2.75, 3.05) is 7.05 Å². The van der Waals surface area contributed by atoms with Crippen molar-refractivity contribution in [2.45, 2.75) is 6.92 Å². The summed E-state index contributed by atoms with van der Waals surface area (Å²) in [7, 11) is 1.54. The number of aromatic nitrogens is 1. The zero-order valence-electron chi connectivity index (χ0n) is 6.97. The van der Waals surface area contributed by atoms with E-state index in [2.05, 4.69) is 10.3 Å².